The van der Waals surface area contributed by atoms with Gasteiger partial charge < -0.3 is 15.7 Å². The Kier molecular flexibility index (Phi) is 2.83. The zero-order valence-corrected chi connectivity index (χ0v) is 9.31. The van der Waals surface area contributed by atoms with Crippen molar-refractivity contribution in [3.8, 4) is 0 Å². The number of likely N-dealkylation sites (tertiary alicyclic amines) is 1. The molecule has 1 heterocycles. The van der Waals surface area contributed by atoms with Gasteiger partial charge in [-0.05, 0) is 25.0 Å². The SMILES string of the molecule is Cc1cccc(C(=O)N2CC[C@@H](O)C2)c1N. The molecule has 2 rings (SSSR count). The third-order valence-electron chi connectivity index (χ3n) is 3.01. The van der Waals surface area contributed by atoms with E-state index < -0.39 is 6.10 Å². The summed E-state index contributed by atoms with van der Waals surface area (Å²) >= 11 is 0. The first-order valence-electron chi connectivity index (χ1n) is 5.42. The lowest BCUT2D eigenvalue weighted by molar-refractivity contribution is 0.0766. The van der Waals surface area contributed by atoms with Crippen LogP contribution in [0.25, 0.3) is 0 Å². The van der Waals surface area contributed by atoms with Crippen molar-refractivity contribution in [1.29, 1.82) is 0 Å². The molecule has 0 unspecified atom stereocenters. The molecule has 0 aliphatic carbocycles. The minimum Gasteiger partial charge on any atom is -0.398 e. The number of hydrogen-bond acceptors (Lipinski definition) is 3. The molecule has 16 heavy (non-hydrogen) atoms. The molecule has 1 aliphatic rings. The monoisotopic (exact) mass is 220 g/mol. The Morgan fingerprint density at radius 2 is 2.31 bits per heavy atom. The van der Waals surface area contributed by atoms with Gasteiger partial charge in [0.05, 0.1) is 11.7 Å². The van der Waals surface area contributed by atoms with Gasteiger partial charge >= 0.3 is 0 Å². The van der Waals surface area contributed by atoms with Crippen molar-refractivity contribution in [2.75, 3.05) is 18.8 Å². The molecule has 1 fully saturated rings. The van der Waals surface area contributed by atoms with Crippen molar-refractivity contribution in [3.05, 3.63) is 29.3 Å². The maximum Gasteiger partial charge on any atom is 0.256 e. The highest BCUT2D eigenvalue weighted by molar-refractivity contribution is 5.99. The topological polar surface area (TPSA) is 66.6 Å². The zero-order chi connectivity index (χ0) is 11.7. The van der Waals surface area contributed by atoms with E-state index in [1.54, 1.807) is 11.0 Å². The summed E-state index contributed by atoms with van der Waals surface area (Å²) in [6, 6.07) is 5.44. The predicted octanol–water partition coefficient (Wildman–Crippen LogP) is 0.784. The number of nitrogens with zero attached hydrogens (tertiary/aromatic N) is 1. The molecular formula is C12H16N2O2. The molecule has 1 aliphatic heterocycles. The van der Waals surface area contributed by atoms with Crippen molar-refractivity contribution in [1.82, 2.24) is 4.90 Å². The lowest BCUT2D eigenvalue weighted by Crippen LogP contribution is -2.30. The number of nitrogen functional groups attached to an aromatic ring is 1. The zero-order valence-electron chi connectivity index (χ0n) is 9.31. The number of carbonyl (C=O) groups excluding carboxylic acids is 1. The lowest BCUT2D eigenvalue weighted by Gasteiger charge is -2.17. The van der Waals surface area contributed by atoms with Crippen LogP contribution in [-0.2, 0) is 0 Å². The summed E-state index contributed by atoms with van der Waals surface area (Å²) in [6.45, 7) is 2.89. The minimum absolute atomic E-state index is 0.0854. The summed E-state index contributed by atoms with van der Waals surface area (Å²) in [7, 11) is 0. The number of aliphatic hydroxyl groups excluding tert-OH is 1. The van der Waals surface area contributed by atoms with Gasteiger partial charge in [0.25, 0.3) is 5.91 Å². The number of aliphatic hydroxyl groups is 1. The van der Waals surface area contributed by atoms with E-state index in [9.17, 15) is 9.90 Å². The first kappa shape index (κ1) is 11.0. The number of aryl methyl sites for hydroxylation is 1. The second-order valence-electron chi connectivity index (χ2n) is 4.23. The van der Waals surface area contributed by atoms with Crippen LogP contribution in [0.5, 0.6) is 0 Å². The first-order chi connectivity index (χ1) is 7.59. The molecule has 1 atom stereocenters. The summed E-state index contributed by atoms with van der Waals surface area (Å²) in [6.07, 6.45) is 0.257. The number of benzene rings is 1. The number of carbonyl (C=O) groups is 1. The highest BCUT2D eigenvalue weighted by Gasteiger charge is 2.26. The molecule has 0 aromatic heterocycles. The molecule has 1 aromatic rings. The molecule has 86 valence electrons. The summed E-state index contributed by atoms with van der Waals surface area (Å²) in [5.41, 5.74) is 7.86. The second kappa shape index (κ2) is 4.14. The summed E-state index contributed by atoms with van der Waals surface area (Å²) in [5.74, 6) is -0.0854. The normalized spacial score (nSPS) is 20.1. The number of hydrogen-bond donors (Lipinski definition) is 2. The average Bonchev–Trinajstić information content (AvgIpc) is 2.68. The van der Waals surface area contributed by atoms with Crippen molar-refractivity contribution in [3.63, 3.8) is 0 Å². The lowest BCUT2D eigenvalue weighted by atomic mass is 10.1. The van der Waals surface area contributed by atoms with Gasteiger partial charge in [-0.2, -0.15) is 0 Å². The van der Waals surface area contributed by atoms with E-state index in [2.05, 4.69) is 0 Å². The first-order valence-corrected chi connectivity index (χ1v) is 5.42. The Morgan fingerprint density at radius 1 is 1.56 bits per heavy atom. The van der Waals surface area contributed by atoms with Gasteiger partial charge in [0, 0.05) is 18.8 Å². The number of amides is 1. The molecule has 1 amide bonds. The summed E-state index contributed by atoms with van der Waals surface area (Å²) in [4.78, 5) is 13.7. The van der Waals surface area contributed by atoms with Gasteiger partial charge in [0.1, 0.15) is 0 Å². The predicted molar refractivity (Wildman–Crippen MR) is 62.1 cm³/mol. The molecule has 0 saturated carbocycles. The molecule has 4 nitrogen and oxygen atoms in total. The van der Waals surface area contributed by atoms with E-state index in [0.29, 0.717) is 30.8 Å². The fourth-order valence-corrected chi connectivity index (χ4v) is 1.96. The van der Waals surface area contributed by atoms with Crippen molar-refractivity contribution < 1.29 is 9.90 Å². The fourth-order valence-electron chi connectivity index (χ4n) is 1.96. The average molecular weight is 220 g/mol. The van der Waals surface area contributed by atoms with Crippen LogP contribution < -0.4 is 5.73 Å². The molecule has 1 saturated heterocycles. The Morgan fingerprint density at radius 3 is 2.94 bits per heavy atom. The third kappa shape index (κ3) is 1.88. The van der Waals surface area contributed by atoms with Crippen LogP contribution in [0.15, 0.2) is 18.2 Å². The van der Waals surface area contributed by atoms with E-state index in [0.717, 1.165) is 5.56 Å². The van der Waals surface area contributed by atoms with Crippen LogP contribution in [0.3, 0.4) is 0 Å². The fraction of sp³-hybridized carbons (Fsp3) is 0.417. The molecule has 0 spiro atoms. The molecule has 3 N–H and O–H groups in total. The largest absolute Gasteiger partial charge is 0.398 e. The van der Waals surface area contributed by atoms with Gasteiger partial charge in [-0.25, -0.2) is 0 Å². The molecular weight excluding hydrogens is 204 g/mol. The van der Waals surface area contributed by atoms with Crippen LogP contribution in [0.4, 0.5) is 5.69 Å². The molecule has 0 radical (unpaired) electrons. The number of anilines is 1. The summed E-state index contributed by atoms with van der Waals surface area (Å²) in [5, 5.41) is 9.39. The van der Waals surface area contributed by atoms with Crippen LogP contribution in [0.2, 0.25) is 0 Å². The molecule has 0 bridgehead atoms. The number of nitrogens with two attached hydrogens (primary N) is 1. The highest BCUT2D eigenvalue weighted by Crippen LogP contribution is 2.20. The maximum atomic E-state index is 12.1. The second-order valence-corrected chi connectivity index (χ2v) is 4.23. The number of para-hydroxylation sites is 1. The van der Waals surface area contributed by atoms with Crippen molar-refractivity contribution in [2.24, 2.45) is 0 Å². The smallest absolute Gasteiger partial charge is 0.256 e. The van der Waals surface area contributed by atoms with Crippen LogP contribution >= 0.6 is 0 Å². The van der Waals surface area contributed by atoms with E-state index in [1.807, 2.05) is 19.1 Å². The van der Waals surface area contributed by atoms with Gasteiger partial charge in [-0.15, -0.1) is 0 Å². The van der Waals surface area contributed by atoms with E-state index >= 15 is 0 Å². The maximum absolute atomic E-state index is 12.1. The Bertz CT molecular complexity index is 417. The van der Waals surface area contributed by atoms with Gasteiger partial charge in [-0.1, -0.05) is 12.1 Å². The number of rotatable bonds is 1. The number of β-amino-alcohol motifs (C(OH)–C–C–N with tert-alkyl or cyclic N) is 1. The summed E-state index contributed by atoms with van der Waals surface area (Å²) < 4.78 is 0. The Labute approximate surface area is 94.7 Å². The highest BCUT2D eigenvalue weighted by atomic mass is 16.3. The molecule has 1 aromatic carbocycles. The Hall–Kier alpha value is -1.55. The van der Waals surface area contributed by atoms with Gasteiger partial charge in [0.2, 0.25) is 0 Å². The Balaban J connectivity index is 2.24. The van der Waals surface area contributed by atoms with Crippen LogP contribution in [-0.4, -0.2) is 35.1 Å². The minimum atomic E-state index is -0.394. The van der Waals surface area contributed by atoms with Crippen LogP contribution in [0, 0.1) is 6.92 Å². The third-order valence-corrected chi connectivity index (χ3v) is 3.01. The van der Waals surface area contributed by atoms with E-state index in [-0.39, 0.29) is 5.91 Å². The quantitative estimate of drug-likeness (QED) is 0.687. The standard InChI is InChI=1S/C12H16N2O2/c1-8-3-2-4-10(11(8)13)12(16)14-6-5-9(15)7-14/h2-4,9,15H,5-7,13H2,1H3/t9-/m1/s1. The van der Waals surface area contributed by atoms with E-state index in [1.165, 1.54) is 0 Å². The van der Waals surface area contributed by atoms with Crippen molar-refractivity contribution >= 4 is 11.6 Å². The van der Waals surface area contributed by atoms with Gasteiger partial charge in [-0.3, -0.25) is 4.79 Å². The van der Waals surface area contributed by atoms with Gasteiger partial charge in [0.15, 0.2) is 0 Å². The van der Waals surface area contributed by atoms with Crippen molar-refractivity contribution in [2.45, 2.75) is 19.4 Å². The van der Waals surface area contributed by atoms with E-state index in [4.69, 9.17) is 5.73 Å². The van der Waals surface area contributed by atoms with Crippen LogP contribution in [0.1, 0.15) is 22.3 Å². The molecule has 4 heteroatoms.